The van der Waals surface area contributed by atoms with Gasteiger partial charge in [-0.15, -0.1) is 0 Å². The second-order valence-electron chi connectivity index (χ2n) is 6.69. The fourth-order valence-corrected chi connectivity index (χ4v) is 3.32. The van der Waals surface area contributed by atoms with Crippen molar-refractivity contribution in [3.63, 3.8) is 0 Å². The first-order valence-electron chi connectivity index (χ1n) is 9.46. The number of carboxylic acids is 1. The normalized spacial score (nSPS) is 10.5. The molecule has 168 valence electrons. The average molecular weight is 544 g/mol. The van der Waals surface area contributed by atoms with Crippen LogP contribution in [0.15, 0.2) is 71.9 Å². The van der Waals surface area contributed by atoms with Crippen molar-refractivity contribution in [1.82, 2.24) is 15.0 Å². The van der Waals surface area contributed by atoms with Crippen LogP contribution in [0.1, 0.15) is 0 Å². The number of hydrogen-bond acceptors (Lipinski definition) is 11. The number of nitrogens with one attached hydrogen (secondary N) is 2. The molecule has 4 rings (SSSR count). The van der Waals surface area contributed by atoms with E-state index in [1.54, 1.807) is 18.2 Å². The van der Waals surface area contributed by atoms with Crippen molar-refractivity contribution in [3.05, 3.63) is 66.7 Å². The van der Waals surface area contributed by atoms with Gasteiger partial charge in [0.15, 0.2) is 10.1 Å². The predicted molar refractivity (Wildman–Crippen MR) is 115 cm³/mol. The fourth-order valence-electron chi connectivity index (χ4n) is 2.93. The molecular formula is C21H15K2N5O6S. The van der Waals surface area contributed by atoms with Crippen molar-refractivity contribution in [2.24, 2.45) is 0 Å². The molecule has 0 radical (unpaired) electrons. The summed E-state index contributed by atoms with van der Waals surface area (Å²) in [5, 5.41) is 16.5. The molecule has 1 aromatic heterocycles. The number of hydrogen-bond donors (Lipinski definition) is 2. The Morgan fingerprint density at radius 2 is 1.66 bits per heavy atom. The summed E-state index contributed by atoms with van der Waals surface area (Å²) in [4.78, 5) is 21.5. The van der Waals surface area contributed by atoms with Gasteiger partial charge in [-0.1, -0.05) is 30.3 Å². The molecule has 35 heavy (non-hydrogen) atoms. The number of benzene rings is 3. The maximum absolute atomic E-state index is 11.4. The number of fused-ring (bicyclic) bond motifs is 1. The van der Waals surface area contributed by atoms with Gasteiger partial charge < -0.3 is 29.8 Å². The van der Waals surface area contributed by atoms with Crippen LogP contribution in [-0.4, -0.2) is 40.4 Å². The molecule has 0 saturated heterocycles. The summed E-state index contributed by atoms with van der Waals surface area (Å²) in [6.07, 6.45) is 0. The van der Waals surface area contributed by atoms with Crippen LogP contribution < -0.4 is 123 Å². The second kappa shape index (κ2) is 13.5. The molecule has 1 heterocycles. The summed E-state index contributed by atoms with van der Waals surface area (Å²) in [5.74, 6) is -1.67. The smallest absolute Gasteiger partial charge is 0.742 e. The molecule has 0 saturated carbocycles. The van der Waals surface area contributed by atoms with Crippen LogP contribution in [-0.2, 0) is 14.9 Å². The average Bonchev–Trinajstić information content (AvgIpc) is 2.78. The molecule has 0 unspecified atom stereocenters. The van der Waals surface area contributed by atoms with Crippen molar-refractivity contribution in [3.8, 4) is 11.8 Å². The van der Waals surface area contributed by atoms with Gasteiger partial charge in [0.1, 0.15) is 5.75 Å². The third-order valence-corrected chi connectivity index (χ3v) is 4.94. The molecule has 0 atom stereocenters. The summed E-state index contributed by atoms with van der Waals surface area (Å²) < 4.78 is 39.8. The summed E-state index contributed by atoms with van der Waals surface area (Å²) in [6.45, 7) is -0.715. The first-order chi connectivity index (χ1) is 15.8. The van der Waals surface area contributed by atoms with E-state index in [0.29, 0.717) is 5.39 Å². The summed E-state index contributed by atoms with van der Waals surface area (Å²) in [7, 11) is -5.06. The first kappa shape index (κ1) is 30.2. The van der Waals surface area contributed by atoms with Gasteiger partial charge in [-0.2, -0.15) is 15.0 Å². The van der Waals surface area contributed by atoms with Crippen LogP contribution in [0.3, 0.4) is 0 Å². The number of nitrogens with zero attached hydrogens (tertiary/aromatic N) is 3. The topological polar surface area (TPSA) is 169 Å². The molecule has 0 amide bonds. The minimum atomic E-state index is -5.06. The maximum Gasteiger partial charge on any atom is 1.00 e. The number of para-hydroxylation sites is 1. The number of aliphatic carboxylic acids is 1. The molecule has 0 fully saturated rings. The third-order valence-electron chi connectivity index (χ3n) is 4.31. The third kappa shape index (κ3) is 8.51. The minimum absolute atomic E-state index is 0. The van der Waals surface area contributed by atoms with E-state index >= 15 is 0 Å². The Morgan fingerprint density at radius 3 is 2.34 bits per heavy atom. The Morgan fingerprint density at radius 1 is 0.914 bits per heavy atom. The number of aromatic nitrogens is 3. The van der Waals surface area contributed by atoms with E-state index in [1.165, 1.54) is 0 Å². The molecule has 0 aliphatic rings. The molecule has 0 aliphatic carbocycles. The molecule has 11 nitrogen and oxygen atoms in total. The summed E-state index contributed by atoms with van der Waals surface area (Å²) in [6, 6.07) is 19.8. The quantitative estimate of drug-likeness (QED) is 0.163. The van der Waals surface area contributed by atoms with Crippen molar-refractivity contribution in [2.45, 2.75) is 5.16 Å². The Kier molecular flexibility index (Phi) is 11.7. The van der Waals surface area contributed by atoms with E-state index in [9.17, 15) is 22.9 Å². The van der Waals surface area contributed by atoms with E-state index in [-0.39, 0.29) is 109 Å². The van der Waals surface area contributed by atoms with Crippen LogP contribution in [0.25, 0.3) is 10.8 Å². The summed E-state index contributed by atoms with van der Waals surface area (Å²) >= 11 is 0. The van der Waals surface area contributed by atoms with Crippen LogP contribution in [0.5, 0.6) is 11.8 Å². The number of ether oxygens (including phenoxy) is 1. The Balaban J connectivity index is 0.00000216. The van der Waals surface area contributed by atoms with Gasteiger partial charge in [0.25, 0.3) is 0 Å². The van der Waals surface area contributed by atoms with Crippen LogP contribution >= 0.6 is 0 Å². The van der Waals surface area contributed by atoms with Gasteiger partial charge in [-0.3, -0.25) is 0 Å². The van der Waals surface area contributed by atoms with E-state index in [1.807, 2.05) is 48.5 Å². The number of carbonyl (C=O) groups excluding carboxylic acids is 1. The molecule has 14 heteroatoms. The van der Waals surface area contributed by atoms with Crippen LogP contribution in [0, 0.1) is 0 Å². The van der Waals surface area contributed by atoms with Crippen molar-refractivity contribution in [1.29, 1.82) is 0 Å². The van der Waals surface area contributed by atoms with E-state index in [2.05, 4.69) is 25.6 Å². The Bertz CT molecular complexity index is 1440. The SMILES string of the molecule is O=C([O-])CNc1nc(Oc2cccc3cc(Nc4ccccc4)ccc23)nc(S(=O)(=O)[O-])n1.[K+].[K+]. The van der Waals surface area contributed by atoms with E-state index < -0.39 is 39.7 Å². The van der Waals surface area contributed by atoms with Crippen molar-refractivity contribution in [2.75, 3.05) is 17.2 Å². The van der Waals surface area contributed by atoms with E-state index in [4.69, 9.17) is 4.74 Å². The molecule has 4 aromatic rings. The van der Waals surface area contributed by atoms with Crippen molar-refractivity contribution >= 4 is 44.2 Å². The zero-order valence-electron chi connectivity index (χ0n) is 18.8. The molecule has 3 aromatic carbocycles. The monoisotopic (exact) mass is 543 g/mol. The largest absolute Gasteiger partial charge is 1.00 e. The molecule has 0 aliphatic heterocycles. The molecule has 0 bridgehead atoms. The van der Waals surface area contributed by atoms with Gasteiger partial charge in [0.2, 0.25) is 11.1 Å². The molecule has 2 N–H and O–H groups in total. The number of carbonyl (C=O) groups is 1. The van der Waals surface area contributed by atoms with Gasteiger partial charge in [0, 0.05) is 16.8 Å². The standard InChI is InChI=1S/C21H17N5O6S.2K/c27-18(28)12-22-19-24-20(26-21(25-19)33(29,30)31)32-17-8-4-5-13-11-15(9-10-16(13)17)23-14-6-2-1-3-7-14;;/h1-11,23H,12H2,(H,27,28)(H,29,30,31)(H,22,24,25,26);;/q;2*+1/p-2. The summed E-state index contributed by atoms with van der Waals surface area (Å²) in [5.41, 5.74) is 1.75. The fraction of sp³-hybridized carbons (Fsp3) is 0.0476. The number of carboxylic acid groups (broad SMARTS) is 1. The van der Waals surface area contributed by atoms with Crippen LogP contribution in [0.4, 0.5) is 17.3 Å². The van der Waals surface area contributed by atoms with Crippen molar-refractivity contribution < 1.29 is 130 Å². The van der Waals surface area contributed by atoms with Gasteiger partial charge in [-0.05, 0) is 41.8 Å². The minimum Gasteiger partial charge on any atom is -0.742 e. The van der Waals surface area contributed by atoms with Gasteiger partial charge in [-0.25, -0.2) is 8.42 Å². The number of rotatable bonds is 8. The zero-order valence-corrected chi connectivity index (χ0v) is 25.8. The molecule has 0 spiro atoms. The predicted octanol–water partition coefficient (Wildman–Crippen LogP) is -4.37. The maximum atomic E-state index is 11.4. The Labute approximate surface area is 285 Å². The second-order valence-corrected chi connectivity index (χ2v) is 7.96. The van der Waals surface area contributed by atoms with Gasteiger partial charge >= 0.3 is 109 Å². The number of anilines is 3. The van der Waals surface area contributed by atoms with Gasteiger partial charge in [0.05, 0.1) is 12.5 Å². The first-order valence-corrected chi connectivity index (χ1v) is 10.9. The zero-order chi connectivity index (χ0) is 23.4. The van der Waals surface area contributed by atoms with E-state index in [0.717, 1.165) is 16.8 Å². The van der Waals surface area contributed by atoms with Crippen LogP contribution in [0.2, 0.25) is 0 Å². The molecular weight excluding hydrogens is 529 g/mol. The Hall–Kier alpha value is -1.02.